The maximum atomic E-state index is 11.6. The Labute approximate surface area is 108 Å². The minimum absolute atomic E-state index is 0.0473. The quantitative estimate of drug-likeness (QED) is 0.721. The predicted molar refractivity (Wildman–Crippen MR) is 65.8 cm³/mol. The van der Waals surface area contributed by atoms with Crippen LogP contribution >= 0.6 is 11.8 Å². The van der Waals surface area contributed by atoms with Gasteiger partial charge in [-0.1, -0.05) is 5.16 Å². The van der Waals surface area contributed by atoms with E-state index in [0.29, 0.717) is 23.9 Å². The van der Waals surface area contributed by atoms with Crippen LogP contribution in [0.1, 0.15) is 35.0 Å². The molecule has 0 bridgehead atoms. The highest BCUT2D eigenvalue weighted by Crippen LogP contribution is 2.40. The van der Waals surface area contributed by atoms with Gasteiger partial charge in [-0.2, -0.15) is 0 Å². The monoisotopic (exact) mass is 270 g/mol. The number of amides is 1. The predicted octanol–water partition coefficient (Wildman–Crippen LogP) is 1.10. The summed E-state index contributed by atoms with van der Waals surface area (Å²) < 4.78 is 5.07. The minimum atomic E-state index is -0.850. The normalized spacial score (nSPS) is 14.4. The first-order valence-electron chi connectivity index (χ1n) is 5.71. The zero-order chi connectivity index (χ0) is 13.0. The third-order valence-corrected chi connectivity index (χ3v) is 3.44. The minimum Gasteiger partial charge on any atom is -0.481 e. The maximum Gasteiger partial charge on any atom is 0.313 e. The van der Waals surface area contributed by atoms with Gasteiger partial charge in [0.15, 0.2) is 5.69 Å². The molecular formula is C11H14N2O4S. The third-order valence-electron chi connectivity index (χ3n) is 2.50. The van der Waals surface area contributed by atoms with E-state index in [2.05, 4.69) is 10.5 Å². The Bertz CT molecular complexity index is 442. The number of aromatic nitrogens is 1. The second-order valence-corrected chi connectivity index (χ2v) is 5.20. The van der Waals surface area contributed by atoms with Crippen LogP contribution in [0.25, 0.3) is 0 Å². The molecular weight excluding hydrogens is 256 g/mol. The number of thioether (sulfide) groups is 1. The van der Waals surface area contributed by atoms with Gasteiger partial charge >= 0.3 is 5.97 Å². The van der Waals surface area contributed by atoms with E-state index in [1.165, 1.54) is 11.8 Å². The van der Waals surface area contributed by atoms with E-state index in [9.17, 15) is 9.59 Å². The highest BCUT2D eigenvalue weighted by atomic mass is 32.2. The van der Waals surface area contributed by atoms with Crippen LogP contribution < -0.4 is 5.32 Å². The van der Waals surface area contributed by atoms with E-state index in [0.717, 1.165) is 18.6 Å². The molecule has 0 spiro atoms. The molecule has 0 atom stereocenters. The maximum absolute atomic E-state index is 11.6. The van der Waals surface area contributed by atoms with Crippen molar-refractivity contribution in [1.82, 2.24) is 10.5 Å². The van der Waals surface area contributed by atoms with Crippen molar-refractivity contribution in [1.29, 1.82) is 0 Å². The van der Waals surface area contributed by atoms with Crippen LogP contribution in [0, 0.1) is 0 Å². The highest BCUT2D eigenvalue weighted by Gasteiger charge is 2.28. The molecule has 7 heteroatoms. The molecule has 1 aliphatic carbocycles. The number of hydrogen-bond acceptors (Lipinski definition) is 5. The van der Waals surface area contributed by atoms with Gasteiger partial charge < -0.3 is 14.9 Å². The first-order chi connectivity index (χ1) is 8.66. The number of carbonyl (C=O) groups is 2. The Morgan fingerprint density at radius 1 is 1.56 bits per heavy atom. The summed E-state index contributed by atoms with van der Waals surface area (Å²) in [5, 5.41) is 14.8. The summed E-state index contributed by atoms with van der Waals surface area (Å²) in [6.07, 6.45) is 2.20. The molecule has 1 aromatic rings. The standard InChI is InChI=1S/C11H14N2O4S/c14-10(15)6-18-4-3-12-11(16)8-5-9(17-13-8)7-1-2-7/h5,7H,1-4,6H2,(H,12,16)(H,14,15). The molecule has 0 radical (unpaired) electrons. The average Bonchev–Trinajstić information content (AvgIpc) is 3.06. The van der Waals surface area contributed by atoms with Crippen LogP contribution in [0.4, 0.5) is 0 Å². The smallest absolute Gasteiger partial charge is 0.313 e. The van der Waals surface area contributed by atoms with Crippen molar-refractivity contribution in [2.24, 2.45) is 0 Å². The molecule has 1 heterocycles. The molecule has 1 aliphatic rings. The topological polar surface area (TPSA) is 92.4 Å². The van der Waals surface area contributed by atoms with E-state index in [4.69, 9.17) is 9.63 Å². The van der Waals surface area contributed by atoms with E-state index in [1.54, 1.807) is 6.07 Å². The van der Waals surface area contributed by atoms with Gasteiger partial charge in [0.05, 0.1) is 5.75 Å². The highest BCUT2D eigenvalue weighted by molar-refractivity contribution is 7.99. The molecule has 0 unspecified atom stereocenters. The fourth-order valence-electron chi connectivity index (χ4n) is 1.44. The van der Waals surface area contributed by atoms with Crippen LogP contribution in [0.3, 0.4) is 0 Å². The van der Waals surface area contributed by atoms with Gasteiger partial charge in [-0.25, -0.2) is 0 Å². The molecule has 0 aromatic carbocycles. The Hall–Kier alpha value is -1.50. The number of nitrogens with one attached hydrogen (secondary N) is 1. The van der Waals surface area contributed by atoms with Crippen LogP contribution in [0.15, 0.2) is 10.6 Å². The number of carboxylic acids is 1. The summed E-state index contributed by atoms with van der Waals surface area (Å²) >= 11 is 1.26. The molecule has 98 valence electrons. The number of rotatable bonds is 7. The Kier molecular flexibility index (Phi) is 4.24. The number of nitrogens with zero attached hydrogens (tertiary/aromatic N) is 1. The molecule has 0 aliphatic heterocycles. The van der Waals surface area contributed by atoms with Gasteiger partial charge in [-0.15, -0.1) is 11.8 Å². The van der Waals surface area contributed by atoms with E-state index in [-0.39, 0.29) is 11.7 Å². The molecule has 2 N–H and O–H groups in total. The zero-order valence-corrected chi connectivity index (χ0v) is 10.5. The SMILES string of the molecule is O=C(O)CSCCNC(=O)c1cc(C2CC2)on1. The number of aliphatic carboxylic acids is 1. The van der Waals surface area contributed by atoms with Gasteiger partial charge in [0, 0.05) is 24.3 Å². The lowest BCUT2D eigenvalue weighted by Crippen LogP contribution is -2.26. The van der Waals surface area contributed by atoms with Crippen LogP contribution in [-0.4, -0.2) is 40.2 Å². The second kappa shape index (κ2) is 5.90. The fraction of sp³-hybridized carbons (Fsp3) is 0.545. The van der Waals surface area contributed by atoms with Gasteiger partial charge in [0.25, 0.3) is 5.91 Å². The Morgan fingerprint density at radius 2 is 2.33 bits per heavy atom. The van der Waals surface area contributed by atoms with Crippen LogP contribution in [-0.2, 0) is 4.79 Å². The van der Waals surface area contributed by atoms with E-state index in [1.807, 2.05) is 0 Å². The summed E-state index contributed by atoms with van der Waals surface area (Å²) in [6, 6.07) is 1.68. The Balaban J connectivity index is 1.68. The molecule has 2 rings (SSSR count). The van der Waals surface area contributed by atoms with Crippen molar-refractivity contribution in [2.75, 3.05) is 18.1 Å². The lowest BCUT2D eigenvalue weighted by molar-refractivity contribution is -0.133. The Morgan fingerprint density at radius 3 is 3.00 bits per heavy atom. The zero-order valence-electron chi connectivity index (χ0n) is 9.72. The van der Waals surface area contributed by atoms with E-state index < -0.39 is 5.97 Å². The molecule has 1 aromatic heterocycles. The van der Waals surface area contributed by atoms with Crippen molar-refractivity contribution in [3.05, 3.63) is 17.5 Å². The molecule has 18 heavy (non-hydrogen) atoms. The van der Waals surface area contributed by atoms with Gasteiger partial charge in [-0.05, 0) is 12.8 Å². The van der Waals surface area contributed by atoms with Crippen LogP contribution in [0.5, 0.6) is 0 Å². The number of carbonyl (C=O) groups excluding carboxylic acids is 1. The molecule has 1 amide bonds. The number of hydrogen-bond donors (Lipinski definition) is 2. The van der Waals surface area contributed by atoms with Gasteiger partial charge in [-0.3, -0.25) is 9.59 Å². The molecule has 1 fully saturated rings. The van der Waals surface area contributed by atoms with Gasteiger partial charge in [0.2, 0.25) is 0 Å². The summed E-state index contributed by atoms with van der Waals surface area (Å²) in [5.74, 6) is 0.695. The van der Waals surface area contributed by atoms with Gasteiger partial charge in [0.1, 0.15) is 5.76 Å². The van der Waals surface area contributed by atoms with E-state index >= 15 is 0 Å². The summed E-state index contributed by atoms with van der Waals surface area (Å²) in [6.45, 7) is 0.419. The van der Waals surface area contributed by atoms with Crippen molar-refractivity contribution in [3.63, 3.8) is 0 Å². The van der Waals surface area contributed by atoms with Crippen molar-refractivity contribution in [3.8, 4) is 0 Å². The third kappa shape index (κ3) is 3.76. The summed E-state index contributed by atoms with van der Waals surface area (Å²) in [4.78, 5) is 21.9. The fourth-order valence-corrected chi connectivity index (χ4v) is 2.01. The average molecular weight is 270 g/mol. The second-order valence-electron chi connectivity index (χ2n) is 4.09. The van der Waals surface area contributed by atoms with Crippen molar-refractivity contribution >= 4 is 23.6 Å². The van der Waals surface area contributed by atoms with Crippen molar-refractivity contribution in [2.45, 2.75) is 18.8 Å². The van der Waals surface area contributed by atoms with Crippen molar-refractivity contribution < 1.29 is 19.2 Å². The molecule has 1 saturated carbocycles. The summed E-state index contributed by atoms with van der Waals surface area (Å²) in [5.41, 5.74) is 0.292. The molecule has 0 saturated heterocycles. The number of carboxylic acid groups (broad SMARTS) is 1. The summed E-state index contributed by atoms with van der Waals surface area (Å²) in [7, 11) is 0. The largest absolute Gasteiger partial charge is 0.481 e. The van der Waals surface area contributed by atoms with Crippen LogP contribution in [0.2, 0.25) is 0 Å². The first kappa shape index (κ1) is 12.9. The molecule has 6 nitrogen and oxygen atoms in total. The first-order valence-corrected chi connectivity index (χ1v) is 6.86. The lowest BCUT2D eigenvalue weighted by Gasteiger charge is -2.01. The lowest BCUT2D eigenvalue weighted by atomic mass is 10.3.